The number of benzene rings is 1. The number of methoxy groups -OCH3 is 1. The topological polar surface area (TPSA) is 31.2 Å². The number of pyridine rings is 1. The van der Waals surface area contributed by atoms with E-state index in [0.717, 1.165) is 41.5 Å². The summed E-state index contributed by atoms with van der Waals surface area (Å²) in [7, 11) is 1.64. The second-order valence-corrected chi connectivity index (χ2v) is 6.29. The largest absolute Gasteiger partial charge is 0.495 e. The van der Waals surface area contributed by atoms with E-state index in [4.69, 9.17) is 4.74 Å². The molecule has 1 fully saturated rings. The van der Waals surface area contributed by atoms with Crippen LogP contribution in [-0.4, -0.2) is 11.7 Å². The van der Waals surface area contributed by atoms with Crippen LogP contribution in [-0.2, 0) is 6.42 Å². The van der Waals surface area contributed by atoms with Gasteiger partial charge in [0.15, 0.2) is 0 Å². The van der Waals surface area contributed by atoms with Gasteiger partial charge in [-0.15, -0.1) is 12.6 Å². The van der Waals surface area contributed by atoms with Gasteiger partial charge in [-0.3, -0.25) is 4.79 Å². The van der Waals surface area contributed by atoms with Crippen LogP contribution in [0.25, 0.3) is 10.9 Å². The van der Waals surface area contributed by atoms with Gasteiger partial charge in [-0.2, -0.15) is 0 Å². The van der Waals surface area contributed by atoms with Crippen LogP contribution in [0, 0.1) is 0 Å². The quantitative estimate of drug-likeness (QED) is 0.846. The molecule has 0 amide bonds. The van der Waals surface area contributed by atoms with Crippen molar-refractivity contribution in [1.82, 2.24) is 4.57 Å². The summed E-state index contributed by atoms with van der Waals surface area (Å²) < 4.78 is 8.17. The van der Waals surface area contributed by atoms with Crippen LogP contribution in [0.4, 0.5) is 0 Å². The highest BCUT2D eigenvalue weighted by Crippen LogP contribution is 2.43. The van der Waals surface area contributed by atoms with Crippen LogP contribution < -0.4 is 10.2 Å². The SMILES string of the molecule is CCc1ccc(OC)c2c1c(=O)c(Br)c(S)n2C1CC1. The molecular weight excluding hydrogens is 338 g/mol. The van der Waals surface area contributed by atoms with E-state index < -0.39 is 0 Å². The van der Waals surface area contributed by atoms with Gasteiger partial charge in [-0.25, -0.2) is 0 Å². The van der Waals surface area contributed by atoms with Crippen molar-refractivity contribution in [3.05, 3.63) is 32.4 Å². The molecule has 0 atom stereocenters. The Morgan fingerprint density at radius 3 is 2.70 bits per heavy atom. The van der Waals surface area contributed by atoms with Crippen molar-refractivity contribution in [3.8, 4) is 5.75 Å². The zero-order valence-corrected chi connectivity index (χ0v) is 13.9. The van der Waals surface area contributed by atoms with Gasteiger partial charge in [0.05, 0.1) is 27.5 Å². The zero-order valence-electron chi connectivity index (χ0n) is 11.4. The Hall–Kier alpha value is -0.940. The minimum atomic E-state index is -0.00218. The lowest BCUT2D eigenvalue weighted by molar-refractivity contribution is 0.416. The normalized spacial score (nSPS) is 14.8. The first kappa shape index (κ1) is 14.0. The van der Waals surface area contributed by atoms with Crippen LogP contribution in [0.1, 0.15) is 31.4 Å². The van der Waals surface area contributed by atoms with E-state index in [2.05, 4.69) is 40.0 Å². The maximum Gasteiger partial charge on any atom is 0.205 e. The summed E-state index contributed by atoms with van der Waals surface area (Å²) in [5, 5.41) is 1.44. The summed E-state index contributed by atoms with van der Waals surface area (Å²) >= 11 is 7.95. The van der Waals surface area contributed by atoms with Gasteiger partial charge in [0, 0.05) is 6.04 Å². The molecule has 0 N–H and O–H groups in total. The lowest BCUT2D eigenvalue weighted by atomic mass is 10.0. The maximum atomic E-state index is 12.6. The molecule has 0 spiro atoms. The van der Waals surface area contributed by atoms with Crippen LogP contribution >= 0.6 is 28.6 Å². The number of hydrogen-bond acceptors (Lipinski definition) is 3. The van der Waals surface area contributed by atoms with Crippen LogP contribution in [0.3, 0.4) is 0 Å². The molecule has 1 saturated carbocycles. The highest BCUT2D eigenvalue weighted by atomic mass is 79.9. The first-order valence-corrected chi connectivity index (χ1v) is 7.96. The van der Waals surface area contributed by atoms with Crippen LogP contribution in [0.5, 0.6) is 5.75 Å². The van der Waals surface area contributed by atoms with Crippen molar-refractivity contribution in [2.24, 2.45) is 0 Å². The fraction of sp³-hybridized carbons (Fsp3) is 0.400. The molecule has 0 unspecified atom stereocenters. The molecule has 1 aliphatic rings. The number of ether oxygens (including phenoxy) is 1. The molecule has 1 aromatic carbocycles. The number of aryl methyl sites for hydroxylation is 1. The van der Waals surface area contributed by atoms with Crippen molar-refractivity contribution >= 4 is 39.5 Å². The standard InChI is InChI=1S/C15H16BrNO2S/c1-3-8-4-7-10(19-2)13-11(8)14(18)12(16)15(20)17(13)9-5-6-9/h4,7,9,20H,3,5-6H2,1-2H3. The van der Waals surface area contributed by atoms with E-state index in [1.807, 2.05) is 12.1 Å². The molecule has 2 aromatic rings. The first-order chi connectivity index (χ1) is 9.60. The average molecular weight is 354 g/mol. The minimum Gasteiger partial charge on any atom is -0.495 e. The predicted octanol–water partition coefficient (Wildman–Crippen LogP) is 3.96. The lowest BCUT2D eigenvalue weighted by Gasteiger charge is -2.18. The average Bonchev–Trinajstić information content (AvgIpc) is 3.28. The van der Waals surface area contributed by atoms with E-state index in [1.54, 1.807) is 7.11 Å². The van der Waals surface area contributed by atoms with E-state index in [1.165, 1.54) is 0 Å². The summed E-state index contributed by atoms with van der Waals surface area (Å²) in [6.45, 7) is 2.06. The highest BCUT2D eigenvalue weighted by molar-refractivity contribution is 9.10. The van der Waals surface area contributed by atoms with Crippen molar-refractivity contribution < 1.29 is 4.74 Å². The first-order valence-electron chi connectivity index (χ1n) is 6.72. The van der Waals surface area contributed by atoms with Gasteiger partial charge in [0.1, 0.15) is 5.75 Å². The maximum absolute atomic E-state index is 12.6. The Morgan fingerprint density at radius 2 is 2.15 bits per heavy atom. The molecule has 1 heterocycles. The van der Waals surface area contributed by atoms with Crippen molar-refractivity contribution in [3.63, 3.8) is 0 Å². The monoisotopic (exact) mass is 353 g/mol. The molecule has 1 aliphatic carbocycles. The third-order valence-corrected chi connectivity index (χ3v) is 5.31. The fourth-order valence-electron chi connectivity index (χ4n) is 2.68. The third-order valence-electron chi connectivity index (χ3n) is 3.83. The van der Waals surface area contributed by atoms with Gasteiger partial charge in [-0.05, 0) is 46.8 Å². The molecule has 5 heteroatoms. The number of rotatable bonds is 3. The van der Waals surface area contributed by atoms with Gasteiger partial charge < -0.3 is 9.30 Å². The van der Waals surface area contributed by atoms with E-state index in [-0.39, 0.29) is 5.43 Å². The summed E-state index contributed by atoms with van der Waals surface area (Å²) in [5.74, 6) is 0.740. The summed E-state index contributed by atoms with van der Waals surface area (Å²) in [6, 6.07) is 4.34. The number of thiol groups is 1. The van der Waals surface area contributed by atoms with Crippen molar-refractivity contribution in [2.75, 3.05) is 7.11 Å². The molecule has 0 aliphatic heterocycles. The van der Waals surface area contributed by atoms with Gasteiger partial charge in [0.25, 0.3) is 0 Å². The molecule has 0 saturated heterocycles. The Balaban J connectivity index is 2.55. The molecular formula is C15H16BrNO2S. The smallest absolute Gasteiger partial charge is 0.205 e. The number of aromatic nitrogens is 1. The molecule has 1 aromatic heterocycles. The van der Waals surface area contributed by atoms with Crippen molar-refractivity contribution in [1.29, 1.82) is 0 Å². The van der Waals surface area contributed by atoms with E-state index in [0.29, 0.717) is 15.5 Å². The second kappa shape index (κ2) is 5.11. The zero-order chi connectivity index (χ0) is 14.4. The highest BCUT2D eigenvalue weighted by Gasteiger charge is 2.29. The third kappa shape index (κ3) is 1.99. The van der Waals surface area contributed by atoms with Gasteiger partial charge in [0.2, 0.25) is 5.43 Å². The second-order valence-electron chi connectivity index (χ2n) is 5.07. The fourth-order valence-corrected chi connectivity index (χ4v) is 3.43. The Labute approximate surface area is 131 Å². The summed E-state index contributed by atoms with van der Waals surface area (Å²) in [6.07, 6.45) is 3.06. The summed E-state index contributed by atoms with van der Waals surface area (Å²) in [4.78, 5) is 12.6. The Kier molecular flexibility index (Phi) is 3.58. The molecule has 3 rings (SSSR count). The lowest BCUT2D eigenvalue weighted by Crippen LogP contribution is -2.15. The number of halogens is 1. The number of hydrogen-bond donors (Lipinski definition) is 1. The predicted molar refractivity (Wildman–Crippen MR) is 87.4 cm³/mol. The Bertz CT molecular complexity index is 750. The Morgan fingerprint density at radius 1 is 1.45 bits per heavy atom. The number of nitrogens with zero attached hydrogens (tertiary/aromatic N) is 1. The molecule has 3 nitrogen and oxygen atoms in total. The van der Waals surface area contributed by atoms with E-state index >= 15 is 0 Å². The molecule has 106 valence electrons. The van der Waals surface area contributed by atoms with E-state index in [9.17, 15) is 4.79 Å². The van der Waals surface area contributed by atoms with Crippen molar-refractivity contribution in [2.45, 2.75) is 37.3 Å². The number of fused-ring (bicyclic) bond motifs is 1. The molecule has 20 heavy (non-hydrogen) atoms. The van der Waals surface area contributed by atoms with Gasteiger partial charge in [-0.1, -0.05) is 13.0 Å². The minimum absolute atomic E-state index is 0.00218. The molecule has 0 bridgehead atoms. The van der Waals surface area contributed by atoms with Crippen LogP contribution in [0.2, 0.25) is 0 Å². The van der Waals surface area contributed by atoms with Crippen LogP contribution in [0.15, 0.2) is 26.4 Å². The summed E-state index contributed by atoms with van der Waals surface area (Å²) in [5.41, 5.74) is 1.93. The van der Waals surface area contributed by atoms with Gasteiger partial charge >= 0.3 is 0 Å². The molecule has 0 radical (unpaired) electrons.